The molecule has 0 radical (unpaired) electrons. The molecule has 0 aliphatic carbocycles. The Labute approximate surface area is 92.7 Å². The highest BCUT2D eigenvalue weighted by atomic mass is 19.2. The summed E-state index contributed by atoms with van der Waals surface area (Å²) in [7, 11) is 0. The average molecular weight is 229 g/mol. The number of nitrogens with one attached hydrogen (secondary N) is 1. The highest BCUT2D eigenvalue weighted by Gasteiger charge is 2.30. The summed E-state index contributed by atoms with van der Waals surface area (Å²) in [6, 6.07) is 2.66. The van der Waals surface area contributed by atoms with Crippen LogP contribution in [0.25, 0.3) is 0 Å². The lowest BCUT2D eigenvalue weighted by molar-refractivity contribution is 0.442. The van der Waals surface area contributed by atoms with Crippen LogP contribution in [-0.4, -0.2) is 12.1 Å². The van der Waals surface area contributed by atoms with Crippen LogP contribution in [-0.2, 0) is 0 Å². The second-order valence-corrected chi connectivity index (χ2v) is 4.50. The molecule has 1 heterocycles. The normalized spacial score (nSPS) is 29.7. The molecule has 0 amide bonds. The van der Waals surface area contributed by atoms with Crippen molar-refractivity contribution in [3.8, 4) is 0 Å². The van der Waals surface area contributed by atoms with Crippen molar-refractivity contribution in [2.45, 2.75) is 38.3 Å². The van der Waals surface area contributed by atoms with Gasteiger partial charge in [0.1, 0.15) is 0 Å². The zero-order valence-electron chi connectivity index (χ0n) is 9.23. The van der Waals surface area contributed by atoms with Crippen LogP contribution >= 0.6 is 0 Å². The van der Waals surface area contributed by atoms with Gasteiger partial charge < -0.3 is 5.32 Å². The van der Waals surface area contributed by atoms with Gasteiger partial charge in [-0.2, -0.15) is 0 Å². The monoisotopic (exact) mass is 229 g/mol. The van der Waals surface area contributed by atoms with Gasteiger partial charge in [-0.05, 0) is 38.0 Å². The summed E-state index contributed by atoms with van der Waals surface area (Å²) in [6.45, 7) is 3.99. The van der Waals surface area contributed by atoms with Gasteiger partial charge in [-0.1, -0.05) is 0 Å². The van der Waals surface area contributed by atoms with Gasteiger partial charge in [0.15, 0.2) is 17.5 Å². The maximum absolute atomic E-state index is 13.1. The van der Waals surface area contributed by atoms with Gasteiger partial charge in [0.25, 0.3) is 0 Å². The van der Waals surface area contributed by atoms with Crippen LogP contribution in [0.2, 0.25) is 0 Å². The summed E-state index contributed by atoms with van der Waals surface area (Å²) in [5.41, 5.74) is 0.528. The zero-order chi connectivity index (χ0) is 11.9. The van der Waals surface area contributed by atoms with Gasteiger partial charge >= 0.3 is 0 Å². The molecule has 88 valence electrons. The summed E-state index contributed by atoms with van der Waals surface area (Å²) >= 11 is 0. The third-order valence-electron chi connectivity index (χ3n) is 3.19. The van der Waals surface area contributed by atoms with E-state index in [1.165, 1.54) is 0 Å². The van der Waals surface area contributed by atoms with E-state index in [-0.39, 0.29) is 12.0 Å². The molecule has 1 aliphatic rings. The molecule has 16 heavy (non-hydrogen) atoms. The van der Waals surface area contributed by atoms with E-state index in [9.17, 15) is 13.2 Å². The predicted octanol–water partition coefficient (Wildman–Crippen LogP) is 2.96. The highest BCUT2D eigenvalue weighted by molar-refractivity contribution is 5.26. The first-order valence-electron chi connectivity index (χ1n) is 5.39. The molecule has 0 saturated carbocycles. The van der Waals surface area contributed by atoms with Gasteiger partial charge in [-0.3, -0.25) is 0 Å². The van der Waals surface area contributed by atoms with E-state index < -0.39 is 17.5 Å². The topological polar surface area (TPSA) is 12.0 Å². The van der Waals surface area contributed by atoms with Crippen LogP contribution in [0.1, 0.15) is 31.7 Å². The Morgan fingerprint density at radius 1 is 1.12 bits per heavy atom. The Balaban J connectivity index is 2.34. The first-order valence-corrected chi connectivity index (χ1v) is 5.39. The molecule has 4 heteroatoms. The van der Waals surface area contributed by atoms with E-state index in [2.05, 4.69) is 5.32 Å². The van der Waals surface area contributed by atoms with E-state index in [0.29, 0.717) is 11.6 Å². The van der Waals surface area contributed by atoms with E-state index in [0.717, 1.165) is 18.6 Å². The van der Waals surface area contributed by atoms with Crippen molar-refractivity contribution >= 4 is 0 Å². The molecule has 1 N–H and O–H groups in total. The summed E-state index contributed by atoms with van der Waals surface area (Å²) in [6.07, 6.45) is 0.811. The quantitative estimate of drug-likeness (QED) is 0.730. The molecule has 1 fully saturated rings. The van der Waals surface area contributed by atoms with Gasteiger partial charge in [-0.25, -0.2) is 13.2 Å². The molecule has 3 atom stereocenters. The second-order valence-electron chi connectivity index (χ2n) is 4.50. The fraction of sp³-hybridized carbons (Fsp3) is 0.500. The van der Waals surface area contributed by atoms with E-state index >= 15 is 0 Å². The number of hydrogen-bond donors (Lipinski definition) is 1. The Morgan fingerprint density at radius 3 is 2.12 bits per heavy atom. The molecular weight excluding hydrogens is 215 g/mol. The molecule has 1 aliphatic heterocycles. The second kappa shape index (κ2) is 4.09. The standard InChI is InChI=1S/C12H14F3N/c1-6-3-9(7(2)16-6)8-4-10(13)12(15)11(14)5-8/h4-7,9,16H,3H2,1-2H3. The molecule has 1 saturated heterocycles. The maximum Gasteiger partial charge on any atom is 0.194 e. The first-order chi connectivity index (χ1) is 7.49. The Kier molecular flexibility index (Phi) is 2.93. The van der Waals surface area contributed by atoms with Crippen LogP contribution in [0.15, 0.2) is 12.1 Å². The van der Waals surface area contributed by atoms with Crippen molar-refractivity contribution < 1.29 is 13.2 Å². The zero-order valence-corrected chi connectivity index (χ0v) is 9.23. The van der Waals surface area contributed by atoms with E-state index in [4.69, 9.17) is 0 Å². The summed E-state index contributed by atoms with van der Waals surface area (Å²) in [5.74, 6) is -3.57. The molecule has 1 aromatic carbocycles. The van der Waals surface area contributed by atoms with Crippen molar-refractivity contribution in [1.82, 2.24) is 5.32 Å². The van der Waals surface area contributed by atoms with Crippen molar-refractivity contribution in [3.05, 3.63) is 35.1 Å². The Hall–Kier alpha value is -1.03. The highest BCUT2D eigenvalue weighted by Crippen LogP contribution is 2.32. The lowest BCUT2D eigenvalue weighted by atomic mass is 9.91. The maximum atomic E-state index is 13.1. The first kappa shape index (κ1) is 11.5. The summed E-state index contributed by atoms with van der Waals surface area (Å²) < 4.78 is 39.0. The summed E-state index contributed by atoms with van der Waals surface area (Å²) in [5, 5.41) is 3.28. The van der Waals surface area contributed by atoms with Gasteiger partial charge in [0.2, 0.25) is 0 Å². The average Bonchev–Trinajstić information content (AvgIpc) is 2.53. The molecular formula is C12H14F3N. The number of benzene rings is 1. The number of halogens is 3. The van der Waals surface area contributed by atoms with Crippen molar-refractivity contribution in [3.63, 3.8) is 0 Å². The molecule has 0 bridgehead atoms. The fourth-order valence-corrected chi connectivity index (χ4v) is 2.43. The SMILES string of the molecule is CC1CC(c2cc(F)c(F)c(F)c2)C(C)N1. The molecule has 3 unspecified atom stereocenters. The molecule has 1 aromatic rings. The van der Waals surface area contributed by atoms with E-state index in [1.807, 2.05) is 13.8 Å². The minimum Gasteiger partial charge on any atom is -0.311 e. The van der Waals surface area contributed by atoms with Crippen molar-refractivity contribution in [2.24, 2.45) is 0 Å². The molecule has 0 aromatic heterocycles. The van der Waals surface area contributed by atoms with Gasteiger partial charge in [0.05, 0.1) is 0 Å². The predicted molar refractivity (Wildman–Crippen MR) is 55.7 cm³/mol. The molecule has 2 rings (SSSR count). The fourth-order valence-electron chi connectivity index (χ4n) is 2.43. The third-order valence-corrected chi connectivity index (χ3v) is 3.19. The minimum atomic E-state index is -1.39. The van der Waals surface area contributed by atoms with Crippen LogP contribution in [0.4, 0.5) is 13.2 Å². The van der Waals surface area contributed by atoms with Crippen LogP contribution in [0.3, 0.4) is 0 Å². The van der Waals surface area contributed by atoms with Crippen molar-refractivity contribution in [1.29, 1.82) is 0 Å². The smallest absolute Gasteiger partial charge is 0.194 e. The van der Waals surface area contributed by atoms with Crippen LogP contribution in [0, 0.1) is 17.5 Å². The van der Waals surface area contributed by atoms with Gasteiger partial charge in [0, 0.05) is 18.0 Å². The third kappa shape index (κ3) is 1.94. The summed E-state index contributed by atoms with van der Waals surface area (Å²) in [4.78, 5) is 0. The van der Waals surface area contributed by atoms with Crippen LogP contribution < -0.4 is 5.32 Å². The molecule has 0 spiro atoms. The lowest BCUT2D eigenvalue weighted by Crippen LogP contribution is -2.26. The Morgan fingerprint density at radius 2 is 1.69 bits per heavy atom. The largest absolute Gasteiger partial charge is 0.311 e. The number of rotatable bonds is 1. The number of hydrogen-bond acceptors (Lipinski definition) is 1. The molecule has 1 nitrogen and oxygen atoms in total. The lowest BCUT2D eigenvalue weighted by Gasteiger charge is -2.15. The van der Waals surface area contributed by atoms with Crippen molar-refractivity contribution in [2.75, 3.05) is 0 Å². The minimum absolute atomic E-state index is 0.0413. The van der Waals surface area contributed by atoms with Gasteiger partial charge in [-0.15, -0.1) is 0 Å². The van der Waals surface area contributed by atoms with Crippen LogP contribution in [0.5, 0.6) is 0 Å². The van der Waals surface area contributed by atoms with E-state index in [1.54, 1.807) is 0 Å². The Bertz CT molecular complexity index is 382.